The Kier molecular flexibility index (Phi) is 13.9. The van der Waals surface area contributed by atoms with Gasteiger partial charge in [-0.2, -0.15) is 43.9 Å². The number of alkyl halides is 12. The predicted octanol–water partition coefficient (Wildman–Crippen LogP) is 8.26. The average molecular weight is 631 g/mol. The molecule has 0 saturated carbocycles. The van der Waals surface area contributed by atoms with Gasteiger partial charge in [-0.15, -0.1) is 0 Å². The first-order valence-electron chi connectivity index (χ1n) is 12.6. The molecule has 0 aromatic heterocycles. The van der Waals surface area contributed by atoms with Gasteiger partial charge in [0, 0.05) is 18.5 Å². The average Bonchev–Trinajstić information content (AvgIpc) is 2.82. The van der Waals surface area contributed by atoms with Crippen molar-refractivity contribution in [3.05, 3.63) is 0 Å². The van der Waals surface area contributed by atoms with E-state index in [1.807, 2.05) is 5.32 Å². The van der Waals surface area contributed by atoms with E-state index in [2.05, 4.69) is 0 Å². The summed E-state index contributed by atoms with van der Waals surface area (Å²) in [6.07, 6.45) is -12.0. The third kappa shape index (κ3) is 9.35. The minimum atomic E-state index is -7.72. The fourth-order valence-electron chi connectivity index (χ4n) is 4.41. The highest BCUT2D eigenvalue weighted by molar-refractivity contribution is 5.65. The molecule has 0 aliphatic heterocycles. The zero-order chi connectivity index (χ0) is 32.5. The molecule has 0 bridgehead atoms. The zero-order valence-electron chi connectivity index (χ0n) is 22.2. The number of unbranched alkanes of at least 4 members (excludes halogenated alkanes) is 3. The quantitative estimate of drug-likeness (QED) is 0.0804. The Bertz CT molecular complexity index is 845. The molecule has 0 heterocycles. The predicted molar refractivity (Wildman–Crippen MR) is 122 cm³/mol. The van der Waals surface area contributed by atoms with Gasteiger partial charge in [0.2, 0.25) is 0 Å². The molecule has 0 spiro atoms. The Labute approximate surface area is 228 Å². The van der Waals surface area contributed by atoms with E-state index < -0.39 is 78.9 Å². The SMILES string of the molecule is CCCCC(CC)CC(CCCCCNC(=O)O)(CC(F)(F)C(F)(F)C(F)(F)C(F)(F)C(F)(F)C(F)F)NC(=O)O. The monoisotopic (exact) mass is 630 g/mol. The van der Waals surface area contributed by atoms with E-state index in [1.54, 1.807) is 12.2 Å². The Morgan fingerprint density at radius 1 is 0.756 bits per heavy atom. The molecule has 41 heavy (non-hydrogen) atoms. The fraction of sp³-hybridized carbons (Fsp3) is 0.913. The number of amides is 2. The first-order valence-corrected chi connectivity index (χ1v) is 12.6. The summed E-state index contributed by atoms with van der Waals surface area (Å²) in [6.45, 7) is 3.10. The summed E-state index contributed by atoms with van der Waals surface area (Å²) in [5.41, 5.74) is -2.69. The Morgan fingerprint density at radius 2 is 1.32 bits per heavy atom. The van der Waals surface area contributed by atoms with Crippen LogP contribution in [0.3, 0.4) is 0 Å². The van der Waals surface area contributed by atoms with Crippen LogP contribution in [0.15, 0.2) is 0 Å². The molecule has 4 N–H and O–H groups in total. The number of hydrogen-bond donors (Lipinski definition) is 4. The Balaban J connectivity index is 6.60. The van der Waals surface area contributed by atoms with Gasteiger partial charge in [0.05, 0.1) is 0 Å². The van der Waals surface area contributed by atoms with Gasteiger partial charge >= 0.3 is 48.2 Å². The smallest absolute Gasteiger partial charge is 0.405 e. The summed E-state index contributed by atoms with van der Waals surface area (Å²) in [4.78, 5) is 22.0. The summed E-state index contributed by atoms with van der Waals surface area (Å²) < 4.78 is 166. The first kappa shape index (κ1) is 38.7. The van der Waals surface area contributed by atoms with Gasteiger partial charge in [-0.3, -0.25) is 0 Å². The summed E-state index contributed by atoms with van der Waals surface area (Å²) in [7, 11) is 0. The van der Waals surface area contributed by atoms with E-state index in [1.165, 1.54) is 6.92 Å². The van der Waals surface area contributed by atoms with Crippen LogP contribution in [0.25, 0.3) is 0 Å². The molecule has 2 atom stereocenters. The number of rotatable bonds is 20. The summed E-state index contributed by atoms with van der Waals surface area (Å²) in [5.74, 6) is -36.9. The first-order chi connectivity index (χ1) is 18.5. The zero-order valence-corrected chi connectivity index (χ0v) is 22.2. The lowest BCUT2D eigenvalue weighted by Crippen LogP contribution is -2.70. The number of carboxylic acid groups (broad SMARTS) is 2. The highest BCUT2D eigenvalue weighted by Gasteiger charge is 2.87. The van der Waals surface area contributed by atoms with Crippen molar-refractivity contribution in [3.8, 4) is 0 Å². The molecule has 244 valence electrons. The Hall–Kier alpha value is -2.30. The highest BCUT2D eigenvalue weighted by atomic mass is 19.4. The van der Waals surface area contributed by atoms with Crippen LogP contribution >= 0.6 is 0 Å². The van der Waals surface area contributed by atoms with Crippen LogP contribution < -0.4 is 10.6 Å². The van der Waals surface area contributed by atoms with Gasteiger partial charge < -0.3 is 20.8 Å². The van der Waals surface area contributed by atoms with Crippen molar-refractivity contribution in [2.75, 3.05) is 6.54 Å². The van der Waals surface area contributed by atoms with Crippen molar-refractivity contribution >= 4 is 12.2 Å². The second kappa shape index (κ2) is 14.7. The van der Waals surface area contributed by atoms with Gasteiger partial charge in [-0.1, -0.05) is 52.4 Å². The summed E-state index contributed by atoms with van der Waals surface area (Å²) in [6, 6.07) is 0. The van der Waals surface area contributed by atoms with Crippen LogP contribution in [0.2, 0.25) is 0 Å². The third-order valence-corrected chi connectivity index (χ3v) is 6.70. The van der Waals surface area contributed by atoms with Crippen molar-refractivity contribution in [3.63, 3.8) is 0 Å². The summed E-state index contributed by atoms with van der Waals surface area (Å²) in [5, 5.41) is 21.4. The van der Waals surface area contributed by atoms with E-state index in [0.29, 0.717) is 12.8 Å². The van der Waals surface area contributed by atoms with Crippen LogP contribution in [0.4, 0.5) is 62.3 Å². The normalized spacial score (nSPS) is 15.9. The molecule has 0 fully saturated rings. The minimum Gasteiger partial charge on any atom is -0.465 e. The van der Waals surface area contributed by atoms with Gasteiger partial charge in [0.15, 0.2) is 0 Å². The maximum Gasteiger partial charge on any atom is 0.405 e. The van der Waals surface area contributed by atoms with E-state index >= 15 is 0 Å². The van der Waals surface area contributed by atoms with Crippen molar-refractivity contribution in [1.29, 1.82) is 0 Å². The van der Waals surface area contributed by atoms with Crippen LogP contribution in [0.5, 0.6) is 0 Å². The molecule has 0 aromatic carbocycles. The highest BCUT2D eigenvalue weighted by Crippen LogP contribution is 2.59. The van der Waals surface area contributed by atoms with Crippen molar-refractivity contribution in [1.82, 2.24) is 10.6 Å². The second-order valence-corrected chi connectivity index (χ2v) is 9.90. The van der Waals surface area contributed by atoms with Crippen LogP contribution in [0.1, 0.15) is 78.1 Å². The van der Waals surface area contributed by atoms with Crippen molar-refractivity contribution in [2.24, 2.45) is 5.92 Å². The van der Waals surface area contributed by atoms with E-state index in [0.717, 1.165) is 0 Å². The standard InChI is InChI=1S/C23H34F12N2O4/c1-3-5-9-14(4-2)12-18(37-17(40)41,10-7-6-8-11-36-16(38)39)13-19(26,27)21(30,31)23(34,35)22(32,33)20(28,29)15(24)25/h14-15,36-37H,3-13H2,1-2H3,(H,38,39)(H,40,41). The Morgan fingerprint density at radius 3 is 1.76 bits per heavy atom. The molecule has 6 nitrogen and oxygen atoms in total. The van der Waals surface area contributed by atoms with E-state index in [4.69, 9.17) is 5.11 Å². The van der Waals surface area contributed by atoms with Crippen LogP contribution in [-0.2, 0) is 0 Å². The largest absolute Gasteiger partial charge is 0.465 e. The van der Waals surface area contributed by atoms with Crippen molar-refractivity contribution < 1.29 is 72.5 Å². The molecule has 0 aromatic rings. The van der Waals surface area contributed by atoms with Gasteiger partial charge in [-0.25, -0.2) is 18.4 Å². The topological polar surface area (TPSA) is 98.7 Å². The summed E-state index contributed by atoms with van der Waals surface area (Å²) >= 11 is 0. The maximum atomic E-state index is 15.0. The molecule has 0 aliphatic rings. The number of hydrogen-bond acceptors (Lipinski definition) is 2. The van der Waals surface area contributed by atoms with Gasteiger partial charge in [0.25, 0.3) is 0 Å². The number of halogens is 12. The molecule has 0 saturated heterocycles. The van der Waals surface area contributed by atoms with Crippen LogP contribution in [0, 0.1) is 5.92 Å². The molecule has 0 rings (SSSR count). The second-order valence-electron chi connectivity index (χ2n) is 9.90. The third-order valence-electron chi connectivity index (χ3n) is 6.70. The van der Waals surface area contributed by atoms with E-state index in [-0.39, 0.29) is 38.6 Å². The number of nitrogens with one attached hydrogen (secondary N) is 2. The molecular formula is C23H34F12N2O4. The maximum absolute atomic E-state index is 15.0. The molecule has 0 aliphatic carbocycles. The van der Waals surface area contributed by atoms with E-state index in [9.17, 15) is 67.4 Å². The molecular weight excluding hydrogens is 596 g/mol. The van der Waals surface area contributed by atoms with Crippen molar-refractivity contribution in [2.45, 2.75) is 120 Å². The molecule has 18 heteroatoms. The van der Waals surface area contributed by atoms with Gasteiger partial charge in [-0.05, 0) is 25.2 Å². The molecule has 0 radical (unpaired) electrons. The lowest BCUT2D eigenvalue weighted by atomic mass is 9.75. The number of carbonyl (C=O) groups is 2. The van der Waals surface area contributed by atoms with Crippen LogP contribution in [-0.4, -0.2) is 70.5 Å². The van der Waals surface area contributed by atoms with Gasteiger partial charge in [0.1, 0.15) is 0 Å². The molecule has 2 unspecified atom stereocenters. The minimum absolute atomic E-state index is 0.0219. The lowest BCUT2D eigenvalue weighted by Gasteiger charge is -2.44. The lowest BCUT2D eigenvalue weighted by molar-refractivity contribution is -0.414. The molecule has 2 amide bonds. The fourth-order valence-corrected chi connectivity index (χ4v) is 4.41.